The number of piperidine rings is 1. The normalized spacial score (nSPS) is 17.2. The van der Waals surface area contributed by atoms with Crippen molar-refractivity contribution in [1.82, 2.24) is 10.2 Å². The van der Waals surface area contributed by atoms with Crippen molar-refractivity contribution >= 4 is 15.8 Å². The van der Waals surface area contributed by atoms with Crippen LogP contribution in [0.25, 0.3) is 0 Å². The number of hydrogen-bond donors (Lipinski definition) is 2. The van der Waals surface area contributed by atoms with Crippen molar-refractivity contribution in [1.29, 1.82) is 0 Å². The SMILES string of the molecule is CCNC(=NCCS(=O)(=O)c1ccc(C(C)(C)C)cc1)N1CCC(O)CC1. The quantitative estimate of drug-likeness (QED) is 0.590. The Bertz CT molecular complexity index is 729. The molecule has 0 aromatic heterocycles. The highest BCUT2D eigenvalue weighted by molar-refractivity contribution is 7.91. The number of aliphatic hydroxyl groups excluding tert-OH is 1. The van der Waals surface area contributed by atoms with Gasteiger partial charge in [-0.05, 0) is 42.9 Å². The molecular formula is C20H33N3O3S. The number of hydrogen-bond acceptors (Lipinski definition) is 4. The smallest absolute Gasteiger partial charge is 0.193 e. The first-order valence-electron chi connectivity index (χ1n) is 9.68. The summed E-state index contributed by atoms with van der Waals surface area (Å²) >= 11 is 0. The second kappa shape index (κ2) is 9.06. The molecule has 1 aliphatic heterocycles. The Morgan fingerprint density at radius 2 is 1.81 bits per heavy atom. The van der Waals surface area contributed by atoms with Gasteiger partial charge in [0.15, 0.2) is 15.8 Å². The molecule has 0 amide bonds. The summed E-state index contributed by atoms with van der Waals surface area (Å²) in [7, 11) is -3.37. The number of likely N-dealkylation sites (tertiary alicyclic amines) is 1. The Morgan fingerprint density at radius 1 is 1.22 bits per heavy atom. The van der Waals surface area contributed by atoms with E-state index in [1.807, 2.05) is 19.1 Å². The molecule has 1 aliphatic rings. The molecule has 1 aromatic carbocycles. The summed E-state index contributed by atoms with van der Waals surface area (Å²) in [4.78, 5) is 6.93. The van der Waals surface area contributed by atoms with E-state index in [2.05, 4.69) is 36.0 Å². The van der Waals surface area contributed by atoms with Crippen LogP contribution in [0.15, 0.2) is 34.2 Å². The van der Waals surface area contributed by atoms with Gasteiger partial charge < -0.3 is 15.3 Å². The lowest BCUT2D eigenvalue weighted by Gasteiger charge is -2.32. The van der Waals surface area contributed by atoms with E-state index in [-0.39, 0.29) is 23.8 Å². The third-order valence-electron chi connectivity index (χ3n) is 4.80. The third kappa shape index (κ3) is 6.21. The molecule has 0 bridgehead atoms. The number of nitrogens with zero attached hydrogens (tertiary/aromatic N) is 2. The molecule has 0 saturated carbocycles. The van der Waals surface area contributed by atoms with Gasteiger partial charge in [-0.25, -0.2) is 8.42 Å². The van der Waals surface area contributed by atoms with E-state index in [0.29, 0.717) is 17.7 Å². The molecule has 27 heavy (non-hydrogen) atoms. The van der Waals surface area contributed by atoms with Crippen LogP contribution in [0.4, 0.5) is 0 Å². The molecule has 0 spiro atoms. The second-order valence-corrected chi connectivity index (χ2v) is 10.2. The lowest BCUT2D eigenvalue weighted by Crippen LogP contribution is -2.46. The molecule has 1 fully saturated rings. The summed E-state index contributed by atoms with van der Waals surface area (Å²) in [5.41, 5.74) is 1.11. The average Bonchev–Trinajstić information content (AvgIpc) is 2.61. The van der Waals surface area contributed by atoms with Crippen LogP contribution >= 0.6 is 0 Å². The van der Waals surface area contributed by atoms with Crippen molar-refractivity contribution in [2.75, 3.05) is 31.9 Å². The van der Waals surface area contributed by atoms with Gasteiger partial charge in [0.25, 0.3) is 0 Å². The largest absolute Gasteiger partial charge is 0.393 e. The molecule has 1 saturated heterocycles. The van der Waals surface area contributed by atoms with E-state index in [1.165, 1.54) is 0 Å². The Labute approximate surface area is 163 Å². The van der Waals surface area contributed by atoms with Gasteiger partial charge in [-0.1, -0.05) is 32.9 Å². The Kier molecular flexibility index (Phi) is 7.28. The van der Waals surface area contributed by atoms with Crippen LogP contribution in [0, 0.1) is 0 Å². The maximum atomic E-state index is 12.6. The first kappa shape index (κ1) is 21.7. The minimum atomic E-state index is -3.37. The van der Waals surface area contributed by atoms with E-state index in [0.717, 1.165) is 31.2 Å². The second-order valence-electron chi connectivity index (χ2n) is 8.05. The van der Waals surface area contributed by atoms with Crippen molar-refractivity contribution in [3.05, 3.63) is 29.8 Å². The van der Waals surface area contributed by atoms with Crippen molar-refractivity contribution in [2.45, 2.75) is 57.0 Å². The van der Waals surface area contributed by atoms with Crippen LogP contribution in [-0.4, -0.2) is 62.4 Å². The summed E-state index contributed by atoms with van der Waals surface area (Å²) < 4.78 is 25.2. The van der Waals surface area contributed by atoms with Crippen LogP contribution in [0.2, 0.25) is 0 Å². The fourth-order valence-corrected chi connectivity index (χ4v) is 4.17. The van der Waals surface area contributed by atoms with Gasteiger partial charge in [0.2, 0.25) is 0 Å². The van der Waals surface area contributed by atoms with E-state index in [9.17, 15) is 13.5 Å². The van der Waals surface area contributed by atoms with Gasteiger partial charge in [-0.15, -0.1) is 0 Å². The molecule has 6 nitrogen and oxygen atoms in total. The average molecular weight is 396 g/mol. The fourth-order valence-electron chi connectivity index (χ4n) is 3.06. The third-order valence-corrected chi connectivity index (χ3v) is 6.51. The number of aliphatic hydroxyl groups is 1. The monoisotopic (exact) mass is 395 g/mol. The van der Waals surface area contributed by atoms with Crippen molar-refractivity contribution < 1.29 is 13.5 Å². The number of rotatable bonds is 5. The number of guanidine groups is 1. The van der Waals surface area contributed by atoms with Gasteiger partial charge >= 0.3 is 0 Å². The highest BCUT2D eigenvalue weighted by Crippen LogP contribution is 2.23. The van der Waals surface area contributed by atoms with Crippen LogP contribution in [0.3, 0.4) is 0 Å². The van der Waals surface area contributed by atoms with Crippen molar-refractivity contribution in [3.8, 4) is 0 Å². The molecule has 2 rings (SSSR count). The predicted octanol–water partition coefficient (Wildman–Crippen LogP) is 2.18. The number of sulfone groups is 1. The molecular weight excluding hydrogens is 362 g/mol. The van der Waals surface area contributed by atoms with Gasteiger partial charge in [-0.2, -0.15) is 0 Å². The molecule has 1 heterocycles. The van der Waals surface area contributed by atoms with Gasteiger partial charge in [0, 0.05) is 19.6 Å². The zero-order chi connectivity index (χ0) is 20.1. The summed E-state index contributed by atoms with van der Waals surface area (Å²) in [6.07, 6.45) is 1.17. The van der Waals surface area contributed by atoms with Crippen molar-refractivity contribution in [3.63, 3.8) is 0 Å². The van der Waals surface area contributed by atoms with E-state index < -0.39 is 9.84 Å². The predicted molar refractivity (Wildman–Crippen MR) is 110 cm³/mol. The summed E-state index contributed by atoms with van der Waals surface area (Å²) in [5, 5.41) is 12.9. The Balaban J connectivity index is 2.02. The molecule has 2 N–H and O–H groups in total. The molecule has 0 atom stereocenters. The van der Waals surface area contributed by atoms with E-state index in [4.69, 9.17) is 0 Å². The summed E-state index contributed by atoms with van der Waals surface area (Å²) in [5.74, 6) is 0.704. The minimum absolute atomic E-state index is 0.00463. The highest BCUT2D eigenvalue weighted by atomic mass is 32.2. The summed E-state index contributed by atoms with van der Waals surface area (Å²) in [6, 6.07) is 7.16. The minimum Gasteiger partial charge on any atom is -0.393 e. The Hall–Kier alpha value is -1.60. The molecule has 0 unspecified atom stereocenters. The zero-order valence-corrected chi connectivity index (χ0v) is 17.7. The van der Waals surface area contributed by atoms with E-state index >= 15 is 0 Å². The van der Waals surface area contributed by atoms with Crippen LogP contribution in [0.1, 0.15) is 46.1 Å². The van der Waals surface area contributed by atoms with Crippen LogP contribution in [0.5, 0.6) is 0 Å². The lowest BCUT2D eigenvalue weighted by molar-refractivity contribution is 0.108. The topological polar surface area (TPSA) is 82.0 Å². The molecule has 0 radical (unpaired) electrons. The van der Waals surface area contributed by atoms with Crippen molar-refractivity contribution in [2.24, 2.45) is 4.99 Å². The Morgan fingerprint density at radius 3 is 2.33 bits per heavy atom. The molecule has 0 aliphatic carbocycles. The highest BCUT2D eigenvalue weighted by Gasteiger charge is 2.21. The van der Waals surface area contributed by atoms with Gasteiger partial charge in [0.1, 0.15) is 0 Å². The van der Waals surface area contributed by atoms with Gasteiger partial charge in [-0.3, -0.25) is 4.99 Å². The van der Waals surface area contributed by atoms with Crippen LogP contribution < -0.4 is 5.32 Å². The number of aliphatic imine (C=N–C) groups is 1. The first-order chi connectivity index (χ1) is 12.6. The van der Waals surface area contributed by atoms with E-state index in [1.54, 1.807) is 12.1 Å². The molecule has 152 valence electrons. The zero-order valence-electron chi connectivity index (χ0n) is 16.9. The number of nitrogens with one attached hydrogen (secondary N) is 1. The van der Waals surface area contributed by atoms with Crippen LogP contribution in [-0.2, 0) is 15.3 Å². The maximum Gasteiger partial charge on any atom is 0.193 e. The lowest BCUT2D eigenvalue weighted by atomic mass is 9.87. The maximum absolute atomic E-state index is 12.6. The molecule has 7 heteroatoms. The summed E-state index contributed by atoms with van der Waals surface area (Å²) in [6.45, 7) is 10.7. The molecule has 1 aromatic rings. The van der Waals surface area contributed by atoms with Gasteiger partial charge in [0.05, 0.1) is 23.3 Å². The number of benzene rings is 1. The fraction of sp³-hybridized carbons (Fsp3) is 0.650. The standard InChI is InChI=1S/C20H33N3O3S/c1-5-21-19(23-13-10-17(24)11-14-23)22-12-15-27(25,26)18-8-6-16(7-9-18)20(2,3)4/h6-9,17,24H,5,10-15H2,1-4H3,(H,21,22). The first-order valence-corrected chi connectivity index (χ1v) is 11.3.